The van der Waals surface area contributed by atoms with E-state index in [1.807, 2.05) is 35.0 Å². The van der Waals surface area contributed by atoms with Crippen molar-refractivity contribution < 1.29 is 4.39 Å². The Kier molecular flexibility index (Phi) is 4.31. The maximum absolute atomic E-state index is 14.0. The molecule has 1 aromatic heterocycles. The van der Waals surface area contributed by atoms with Gasteiger partial charge in [-0.15, -0.1) is 0 Å². The third-order valence-corrected chi connectivity index (χ3v) is 4.19. The predicted octanol–water partition coefficient (Wildman–Crippen LogP) is 5.30. The van der Waals surface area contributed by atoms with Gasteiger partial charge in [-0.05, 0) is 55.3 Å². The third-order valence-electron chi connectivity index (χ3n) is 4.19. The Labute approximate surface area is 141 Å². The van der Waals surface area contributed by atoms with Crippen LogP contribution in [0.4, 0.5) is 4.39 Å². The lowest BCUT2D eigenvalue weighted by molar-refractivity contribution is 0.624. The number of nitriles is 1. The lowest BCUT2D eigenvalue weighted by atomic mass is 10.0. The van der Waals surface area contributed by atoms with Gasteiger partial charge in [0.25, 0.3) is 0 Å². The summed E-state index contributed by atoms with van der Waals surface area (Å²) >= 11 is 0. The van der Waals surface area contributed by atoms with E-state index in [0.717, 1.165) is 11.4 Å². The smallest absolute Gasteiger partial charge is 0.131 e. The first-order valence-electron chi connectivity index (χ1n) is 7.72. The van der Waals surface area contributed by atoms with Gasteiger partial charge in [0.15, 0.2) is 0 Å². The van der Waals surface area contributed by atoms with Crippen LogP contribution >= 0.6 is 0 Å². The first-order chi connectivity index (χ1) is 11.6. The molecule has 0 spiro atoms. The van der Waals surface area contributed by atoms with Gasteiger partial charge < -0.3 is 4.57 Å². The minimum atomic E-state index is -0.393. The van der Waals surface area contributed by atoms with Crippen LogP contribution in [0.1, 0.15) is 22.4 Å². The molecule has 24 heavy (non-hydrogen) atoms. The molecule has 0 radical (unpaired) electrons. The van der Waals surface area contributed by atoms with E-state index >= 15 is 0 Å². The van der Waals surface area contributed by atoms with Crippen molar-refractivity contribution in [1.29, 1.82) is 5.26 Å². The number of halogens is 1. The van der Waals surface area contributed by atoms with Crippen LogP contribution in [0.2, 0.25) is 0 Å². The Bertz CT molecular complexity index is 958. The van der Waals surface area contributed by atoms with E-state index in [0.29, 0.717) is 11.1 Å². The van der Waals surface area contributed by atoms with Crippen molar-refractivity contribution in [2.75, 3.05) is 0 Å². The number of aromatic nitrogens is 1. The Morgan fingerprint density at radius 1 is 1.04 bits per heavy atom. The molecule has 0 N–H and O–H groups in total. The Balaban J connectivity index is 2.12. The summed E-state index contributed by atoms with van der Waals surface area (Å²) in [5, 5.41) is 9.47. The van der Waals surface area contributed by atoms with E-state index in [9.17, 15) is 9.65 Å². The Morgan fingerprint density at radius 2 is 1.83 bits per heavy atom. The van der Waals surface area contributed by atoms with Gasteiger partial charge in [0.05, 0.1) is 11.6 Å². The highest BCUT2D eigenvalue weighted by Crippen LogP contribution is 2.24. The first kappa shape index (κ1) is 15.8. The minimum Gasteiger partial charge on any atom is -0.317 e. The topological polar surface area (TPSA) is 28.7 Å². The van der Waals surface area contributed by atoms with E-state index in [4.69, 9.17) is 0 Å². The number of hydrogen-bond donors (Lipinski definition) is 0. The van der Waals surface area contributed by atoms with E-state index in [2.05, 4.69) is 26.0 Å². The van der Waals surface area contributed by atoms with Gasteiger partial charge in [-0.2, -0.15) is 5.26 Å². The van der Waals surface area contributed by atoms with E-state index in [1.54, 1.807) is 24.3 Å². The van der Waals surface area contributed by atoms with Crippen molar-refractivity contribution >= 4 is 11.6 Å². The van der Waals surface area contributed by atoms with Crippen LogP contribution in [0, 0.1) is 31.0 Å². The van der Waals surface area contributed by atoms with Crippen LogP contribution in [-0.2, 0) is 0 Å². The molecule has 0 bridgehead atoms. The van der Waals surface area contributed by atoms with Crippen LogP contribution in [0.3, 0.4) is 0 Å². The van der Waals surface area contributed by atoms with Gasteiger partial charge in [0.1, 0.15) is 5.82 Å². The quantitative estimate of drug-likeness (QED) is 0.603. The molecule has 1 heterocycles. The number of nitrogens with zero attached hydrogens (tertiary/aromatic N) is 2. The summed E-state index contributed by atoms with van der Waals surface area (Å²) < 4.78 is 16.0. The first-order valence-corrected chi connectivity index (χ1v) is 7.72. The standard InChI is InChI=1S/C21H17FN2/c1-15-7-5-11-21(16(15)2)24-12-6-8-18(24)13-17(14-23)19-9-3-4-10-20(19)22/h3-13H,1-2H3. The van der Waals surface area contributed by atoms with Gasteiger partial charge >= 0.3 is 0 Å². The third kappa shape index (κ3) is 2.87. The van der Waals surface area contributed by atoms with Crippen LogP contribution in [0.25, 0.3) is 17.3 Å². The molecule has 0 saturated carbocycles. The second-order valence-electron chi connectivity index (χ2n) is 5.67. The highest BCUT2D eigenvalue weighted by molar-refractivity contribution is 5.89. The van der Waals surface area contributed by atoms with Gasteiger partial charge in [0, 0.05) is 23.1 Å². The molecule has 118 valence electrons. The molecule has 0 aliphatic carbocycles. The predicted molar refractivity (Wildman–Crippen MR) is 95.1 cm³/mol. The van der Waals surface area contributed by atoms with Crippen molar-refractivity contribution in [1.82, 2.24) is 4.57 Å². The molecule has 2 nitrogen and oxygen atoms in total. The summed E-state index contributed by atoms with van der Waals surface area (Å²) in [4.78, 5) is 0. The zero-order chi connectivity index (χ0) is 17.1. The molecular weight excluding hydrogens is 299 g/mol. The summed E-state index contributed by atoms with van der Waals surface area (Å²) in [6, 6.07) is 18.4. The van der Waals surface area contributed by atoms with Crippen molar-refractivity contribution in [3.05, 3.63) is 89.0 Å². The van der Waals surface area contributed by atoms with E-state index in [1.165, 1.54) is 17.2 Å². The van der Waals surface area contributed by atoms with Gasteiger partial charge in [0.2, 0.25) is 0 Å². The summed E-state index contributed by atoms with van der Waals surface area (Å²) in [5.74, 6) is -0.393. The minimum absolute atomic E-state index is 0.304. The summed E-state index contributed by atoms with van der Waals surface area (Å²) in [6.07, 6.45) is 3.67. The van der Waals surface area contributed by atoms with Crippen molar-refractivity contribution in [2.45, 2.75) is 13.8 Å². The lowest BCUT2D eigenvalue weighted by Gasteiger charge is -2.12. The molecule has 0 fully saturated rings. The second kappa shape index (κ2) is 6.55. The zero-order valence-electron chi connectivity index (χ0n) is 13.6. The number of benzene rings is 2. The Morgan fingerprint density at radius 3 is 2.58 bits per heavy atom. The molecule has 0 aliphatic rings. The molecule has 3 rings (SSSR count). The maximum atomic E-state index is 14.0. The Hall–Kier alpha value is -3.12. The number of allylic oxidation sites excluding steroid dienone is 1. The van der Waals surface area contributed by atoms with Crippen LogP contribution in [-0.4, -0.2) is 4.57 Å². The fraction of sp³-hybridized carbons (Fsp3) is 0.0952. The van der Waals surface area contributed by atoms with Crippen LogP contribution < -0.4 is 0 Å². The number of aryl methyl sites for hydroxylation is 1. The van der Waals surface area contributed by atoms with E-state index in [-0.39, 0.29) is 0 Å². The lowest BCUT2D eigenvalue weighted by Crippen LogP contribution is -1.99. The number of hydrogen-bond acceptors (Lipinski definition) is 1. The van der Waals surface area contributed by atoms with E-state index < -0.39 is 5.82 Å². The summed E-state index contributed by atoms with van der Waals surface area (Å²) in [7, 11) is 0. The molecule has 0 unspecified atom stereocenters. The maximum Gasteiger partial charge on any atom is 0.131 e. The average molecular weight is 316 g/mol. The summed E-state index contributed by atoms with van der Waals surface area (Å²) in [5.41, 5.74) is 4.88. The fourth-order valence-corrected chi connectivity index (χ4v) is 2.73. The molecule has 0 aliphatic heterocycles. The normalized spacial score (nSPS) is 11.3. The highest BCUT2D eigenvalue weighted by atomic mass is 19.1. The van der Waals surface area contributed by atoms with Gasteiger partial charge in [-0.25, -0.2) is 4.39 Å². The molecule has 0 amide bonds. The number of rotatable bonds is 3. The second-order valence-corrected chi connectivity index (χ2v) is 5.67. The SMILES string of the molecule is Cc1cccc(-n2cccc2C=C(C#N)c2ccccc2F)c1C. The highest BCUT2D eigenvalue weighted by Gasteiger charge is 2.10. The average Bonchev–Trinajstić information content (AvgIpc) is 3.04. The van der Waals surface area contributed by atoms with Gasteiger partial charge in [-0.1, -0.05) is 30.3 Å². The monoisotopic (exact) mass is 316 g/mol. The fourth-order valence-electron chi connectivity index (χ4n) is 2.73. The molecule has 3 aromatic rings. The zero-order valence-corrected chi connectivity index (χ0v) is 13.6. The molecule has 2 aromatic carbocycles. The molecule has 0 atom stereocenters. The van der Waals surface area contributed by atoms with Crippen molar-refractivity contribution in [2.24, 2.45) is 0 Å². The van der Waals surface area contributed by atoms with Crippen LogP contribution in [0.5, 0.6) is 0 Å². The molecule has 0 saturated heterocycles. The van der Waals surface area contributed by atoms with Crippen molar-refractivity contribution in [3.8, 4) is 11.8 Å². The molecular formula is C21H17FN2. The van der Waals surface area contributed by atoms with Crippen LogP contribution in [0.15, 0.2) is 60.8 Å². The summed E-state index contributed by atoms with van der Waals surface area (Å²) in [6.45, 7) is 4.14. The van der Waals surface area contributed by atoms with Crippen molar-refractivity contribution in [3.63, 3.8) is 0 Å². The molecule has 3 heteroatoms. The van der Waals surface area contributed by atoms with Gasteiger partial charge in [-0.3, -0.25) is 0 Å². The largest absolute Gasteiger partial charge is 0.317 e.